The molecule has 262 valence electrons. The minimum absolute atomic E-state index is 0.0906. The number of H-pyrrole nitrogens is 2. The Balaban J connectivity index is 1.19. The molecule has 0 aliphatic carbocycles. The molecular weight excluding hydrogens is 654 g/mol. The van der Waals surface area contributed by atoms with Crippen LogP contribution in [0, 0.1) is 54.8 Å². The van der Waals surface area contributed by atoms with E-state index in [0.29, 0.717) is 57.8 Å². The van der Waals surface area contributed by atoms with Crippen LogP contribution in [0.15, 0.2) is 48.5 Å². The van der Waals surface area contributed by atoms with Crippen LogP contribution < -0.4 is 10.6 Å². The van der Waals surface area contributed by atoms with E-state index in [9.17, 15) is 9.59 Å². The second-order valence-corrected chi connectivity index (χ2v) is 12.5. The Morgan fingerprint density at radius 3 is 2.50 bits per heavy atom. The Morgan fingerprint density at radius 1 is 0.981 bits per heavy atom. The van der Waals surface area contributed by atoms with Crippen LogP contribution in [0.4, 0.5) is 4.79 Å². The highest BCUT2D eigenvalue weighted by atomic mass is 16.5. The molecule has 0 saturated carbocycles. The van der Waals surface area contributed by atoms with E-state index in [1.165, 1.54) is 7.11 Å². The van der Waals surface area contributed by atoms with Crippen molar-refractivity contribution in [1.29, 1.82) is 0 Å². The molecule has 3 heterocycles. The summed E-state index contributed by atoms with van der Waals surface area (Å²) >= 11 is 0. The van der Waals surface area contributed by atoms with E-state index in [4.69, 9.17) is 33.7 Å². The van der Waals surface area contributed by atoms with Gasteiger partial charge in [-0.05, 0) is 60.5 Å². The Bertz CT molecular complexity index is 2280. The fraction of sp³-hybridized carbons (Fsp3) is 0.317. The molecule has 1 aliphatic heterocycles. The van der Waals surface area contributed by atoms with Gasteiger partial charge in [0.25, 0.3) is 0 Å². The summed E-state index contributed by atoms with van der Waals surface area (Å²) in [5.74, 6) is 15.4. The van der Waals surface area contributed by atoms with Crippen LogP contribution in [-0.2, 0) is 27.4 Å². The fourth-order valence-corrected chi connectivity index (χ4v) is 6.36. The van der Waals surface area contributed by atoms with E-state index >= 15 is 0 Å². The molecule has 1 saturated heterocycles. The summed E-state index contributed by atoms with van der Waals surface area (Å²) in [6.07, 6.45) is 18.0. The predicted molar refractivity (Wildman–Crippen MR) is 200 cm³/mol. The maximum atomic E-state index is 14.0. The van der Waals surface area contributed by atoms with E-state index < -0.39 is 12.1 Å². The van der Waals surface area contributed by atoms with Gasteiger partial charge >= 0.3 is 6.09 Å². The maximum Gasteiger partial charge on any atom is 0.407 e. The van der Waals surface area contributed by atoms with Crippen molar-refractivity contribution in [2.45, 2.75) is 50.9 Å². The summed E-state index contributed by atoms with van der Waals surface area (Å²) in [6.45, 7) is 2.02. The first kappa shape index (κ1) is 35.6. The first-order valence-electron chi connectivity index (χ1n) is 17.1. The van der Waals surface area contributed by atoms with Crippen molar-refractivity contribution < 1.29 is 19.1 Å². The molecule has 6 rings (SSSR count). The van der Waals surface area contributed by atoms with Crippen molar-refractivity contribution >= 4 is 44.8 Å². The monoisotopic (exact) mass is 693 g/mol. The highest BCUT2D eigenvalue weighted by molar-refractivity contribution is 6.04. The molecule has 11 heteroatoms. The number of carbonyl (C=O) groups excluding carboxylic acids is 2. The molecule has 1 aliphatic rings. The molecule has 4 N–H and O–H groups in total. The number of nitrogens with one attached hydrogen (secondary N) is 4. The lowest BCUT2D eigenvalue weighted by molar-refractivity contribution is -0.136. The minimum Gasteiger partial charge on any atom is -0.453 e. The van der Waals surface area contributed by atoms with Crippen molar-refractivity contribution in [3.63, 3.8) is 0 Å². The van der Waals surface area contributed by atoms with E-state index in [-0.39, 0.29) is 24.4 Å². The lowest BCUT2D eigenvalue weighted by Crippen LogP contribution is -2.53. The van der Waals surface area contributed by atoms with Gasteiger partial charge < -0.3 is 29.7 Å². The van der Waals surface area contributed by atoms with Gasteiger partial charge in [-0.2, -0.15) is 0 Å². The fourth-order valence-electron chi connectivity index (χ4n) is 6.36. The Morgan fingerprint density at radius 2 is 1.75 bits per heavy atom. The highest BCUT2D eigenvalue weighted by Gasteiger charge is 2.34. The molecule has 5 aromatic rings. The lowest BCUT2D eigenvalue weighted by atomic mass is 9.90. The summed E-state index contributed by atoms with van der Waals surface area (Å²) < 4.78 is 10.3. The van der Waals surface area contributed by atoms with Crippen LogP contribution in [0.3, 0.4) is 0 Å². The largest absolute Gasteiger partial charge is 0.453 e. The molecule has 0 bridgehead atoms. The van der Waals surface area contributed by atoms with E-state index in [2.05, 4.69) is 55.2 Å². The molecule has 2 unspecified atom stereocenters. The molecule has 0 radical (unpaired) electrons. The molecule has 2 aromatic heterocycles. The number of nitrogens with zero attached hydrogens (tertiary/aromatic N) is 3. The minimum atomic E-state index is -0.771. The van der Waals surface area contributed by atoms with Gasteiger partial charge in [0.05, 0.1) is 48.3 Å². The van der Waals surface area contributed by atoms with Gasteiger partial charge in [0.1, 0.15) is 17.7 Å². The van der Waals surface area contributed by atoms with Gasteiger partial charge in [0.2, 0.25) is 5.91 Å². The van der Waals surface area contributed by atoms with Gasteiger partial charge in [0.15, 0.2) is 0 Å². The lowest BCUT2D eigenvalue weighted by Gasteiger charge is -2.33. The number of ether oxygens (including phenoxy) is 2. The first-order chi connectivity index (χ1) is 25.4. The average molecular weight is 694 g/mol. The topological polar surface area (TPSA) is 137 Å². The van der Waals surface area contributed by atoms with E-state index in [1.54, 1.807) is 4.90 Å². The standard InChI is InChI=1S/C41H39N7O4/c1-5-8-20-48(40(49)38(47-41(50)51-4)29-18-21-52-22-19-29)26-37-44-34-17-14-30-23-27(12-15-32(30)39(34)46-37)10-11-28-13-16-33-35(24-28)45-36(43-33)25-42-31(7-3)9-6-2/h1-3,12-17,23-24,29,31,38,42H,8-9,18-22,25-26H2,4H3,(H,43,45)(H,44,46)(H,47,50). The van der Waals surface area contributed by atoms with Gasteiger partial charge in [-0.15, -0.1) is 31.1 Å². The molecule has 52 heavy (non-hydrogen) atoms. The molecule has 2 amide bonds. The molecule has 2 atom stereocenters. The van der Waals surface area contributed by atoms with Crippen LogP contribution >= 0.6 is 0 Å². The van der Waals surface area contributed by atoms with Gasteiger partial charge in [-0.3, -0.25) is 10.1 Å². The number of terminal acetylenes is 3. The number of alkyl carbamates (subject to hydrolysis) is 1. The summed E-state index contributed by atoms with van der Waals surface area (Å²) in [5.41, 5.74) is 5.05. The van der Waals surface area contributed by atoms with E-state index in [1.807, 2.05) is 48.5 Å². The normalized spacial score (nSPS) is 14.0. The number of fused-ring (bicyclic) bond motifs is 4. The zero-order chi connectivity index (χ0) is 36.5. The zero-order valence-electron chi connectivity index (χ0n) is 28.9. The number of amides is 2. The summed E-state index contributed by atoms with van der Waals surface area (Å²) in [7, 11) is 1.28. The molecule has 0 spiro atoms. The molecular formula is C41H39N7O4. The van der Waals surface area contributed by atoms with Crippen LogP contribution in [0.25, 0.3) is 32.8 Å². The number of methoxy groups -OCH3 is 1. The van der Waals surface area contributed by atoms with Crippen molar-refractivity contribution in [2.24, 2.45) is 5.92 Å². The first-order valence-corrected chi connectivity index (χ1v) is 17.1. The second kappa shape index (κ2) is 16.6. The summed E-state index contributed by atoms with van der Waals surface area (Å²) in [4.78, 5) is 44.1. The number of carbonyl (C=O) groups is 2. The number of hydrogen-bond acceptors (Lipinski definition) is 7. The van der Waals surface area contributed by atoms with Crippen molar-refractivity contribution in [3.05, 3.63) is 71.3 Å². The van der Waals surface area contributed by atoms with Gasteiger partial charge in [0, 0.05) is 49.1 Å². The Hall–Kier alpha value is -6.24. The summed E-state index contributed by atoms with van der Waals surface area (Å²) in [5, 5.41) is 7.92. The maximum absolute atomic E-state index is 14.0. The SMILES string of the molecule is C#CCCN(Cc1nc2c(ccc3cc(C#Cc4ccc5nc(CNC(C#C)CC#C)[nH]c5c4)ccc32)[nH]1)C(=O)C(NC(=O)OC)C1CCOCC1. The Labute approximate surface area is 302 Å². The third-order valence-electron chi connectivity index (χ3n) is 9.08. The van der Waals surface area contributed by atoms with Crippen LogP contribution in [0.5, 0.6) is 0 Å². The van der Waals surface area contributed by atoms with E-state index in [0.717, 1.165) is 49.8 Å². The number of hydrogen-bond donors (Lipinski definition) is 4. The van der Waals surface area contributed by atoms with Gasteiger partial charge in [-0.1, -0.05) is 29.9 Å². The second-order valence-electron chi connectivity index (χ2n) is 12.5. The third-order valence-corrected chi connectivity index (χ3v) is 9.08. The van der Waals surface area contributed by atoms with Crippen molar-refractivity contribution in [2.75, 3.05) is 26.9 Å². The van der Waals surface area contributed by atoms with Crippen LogP contribution in [0.1, 0.15) is 48.5 Å². The quantitative estimate of drug-likeness (QED) is 0.148. The smallest absolute Gasteiger partial charge is 0.407 e. The zero-order valence-corrected chi connectivity index (χ0v) is 28.9. The highest BCUT2D eigenvalue weighted by Crippen LogP contribution is 2.26. The average Bonchev–Trinajstić information content (AvgIpc) is 3.79. The molecule has 11 nitrogen and oxygen atoms in total. The molecule has 3 aromatic carbocycles. The number of imidazole rings is 2. The third kappa shape index (κ3) is 8.37. The predicted octanol–water partition coefficient (Wildman–Crippen LogP) is 4.61. The number of rotatable bonds is 11. The van der Waals surface area contributed by atoms with Crippen molar-refractivity contribution in [3.8, 4) is 48.9 Å². The van der Waals surface area contributed by atoms with Crippen molar-refractivity contribution in [1.82, 2.24) is 35.5 Å². The van der Waals surface area contributed by atoms with Gasteiger partial charge in [-0.25, -0.2) is 14.8 Å². The number of benzene rings is 3. The number of aromatic nitrogens is 4. The van der Waals surface area contributed by atoms with Crippen LogP contribution in [0.2, 0.25) is 0 Å². The Kier molecular flexibility index (Phi) is 11.4. The van der Waals surface area contributed by atoms with Crippen LogP contribution in [-0.4, -0.2) is 75.8 Å². The number of aromatic amines is 2. The molecule has 1 fully saturated rings. The summed E-state index contributed by atoms with van der Waals surface area (Å²) in [6, 6.07) is 14.9.